The number of nitrogens with zero attached hydrogens (tertiary/aromatic N) is 2. The van der Waals surface area contributed by atoms with E-state index >= 15 is 0 Å². The average Bonchev–Trinajstić information content (AvgIpc) is 2.65. The predicted molar refractivity (Wildman–Crippen MR) is 90.8 cm³/mol. The van der Waals surface area contributed by atoms with E-state index in [2.05, 4.69) is 9.64 Å². The number of esters is 1. The van der Waals surface area contributed by atoms with Crippen molar-refractivity contribution in [1.29, 1.82) is 0 Å². The third-order valence-electron chi connectivity index (χ3n) is 4.21. The van der Waals surface area contributed by atoms with E-state index in [0.717, 1.165) is 39.3 Å². The van der Waals surface area contributed by atoms with Crippen LogP contribution in [0.3, 0.4) is 0 Å². The zero-order valence-electron chi connectivity index (χ0n) is 14.6. The highest BCUT2D eigenvalue weighted by Gasteiger charge is 2.20. The summed E-state index contributed by atoms with van der Waals surface area (Å²) in [4.78, 5) is 27.9. The molecular formula is C18H25FN2O4. The summed E-state index contributed by atoms with van der Waals surface area (Å²) in [6, 6.07) is 5.90. The standard InChI is InChI=1S/C18H25FN2O4/c1-24-17(22)7-10-21(9-4-8-20-11-13-25-14-12-20)18(23)15-5-2-3-6-16(15)19/h2-3,5-6H,4,7-14H2,1H3. The van der Waals surface area contributed by atoms with Crippen molar-refractivity contribution < 1.29 is 23.5 Å². The summed E-state index contributed by atoms with van der Waals surface area (Å²) in [5.41, 5.74) is 0.0266. The molecule has 1 aliphatic rings. The molecule has 25 heavy (non-hydrogen) atoms. The molecule has 0 unspecified atom stereocenters. The number of rotatable bonds is 8. The lowest BCUT2D eigenvalue weighted by Crippen LogP contribution is -2.39. The highest BCUT2D eigenvalue weighted by atomic mass is 19.1. The molecule has 1 aromatic carbocycles. The number of hydrogen-bond donors (Lipinski definition) is 0. The Morgan fingerprint density at radius 2 is 1.96 bits per heavy atom. The number of hydrogen-bond acceptors (Lipinski definition) is 5. The number of carbonyl (C=O) groups is 2. The van der Waals surface area contributed by atoms with Gasteiger partial charge in [0, 0.05) is 32.7 Å². The summed E-state index contributed by atoms with van der Waals surface area (Å²) in [7, 11) is 1.31. The van der Waals surface area contributed by atoms with Crippen LogP contribution in [0.4, 0.5) is 4.39 Å². The molecule has 0 radical (unpaired) electrons. The van der Waals surface area contributed by atoms with Crippen molar-refractivity contribution in [2.45, 2.75) is 12.8 Å². The quantitative estimate of drug-likeness (QED) is 0.665. The Morgan fingerprint density at radius 1 is 1.24 bits per heavy atom. The molecule has 0 N–H and O–H groups in total. The maximum Gasteiger partial charge on any atom is 0.307 e. The van der Waals surface area contributed by atoms with Crippen LogP contribution < -0.4 is 0 Å². The van der Waals surface area contributed by atoms with Crippen LogP contribution in [-0.2, 0) is 14.3 Å². The maximum absolute atomic E-state index is 13.9. The fourth-order valence-electron chi connectivity index (χ4n) is 2.76. The van der Waals surface area contributed by atoms with E-state index in [9.17, 15) is 14.0 Å². The number of methoxy groups -OCH3 is 1. The van der Waals surface area contributed by atoms with Gasteiger partial charge >= 0.3 is 5.97 Å². The second kappa shape index (κ2) is 10.1. The lowest BCUT2D eigenvalue weighted by atomic mass is 10.1. The lowest BCUT2D eigenvalue weighted by Gasteiger charge is -2.28. The van der Waals surface area contributed by atoms with Crippen LogP contribution in [0, 0.1) is 5.82 Å². The summed E-state index contributed by atoms with van der Waals surface area (Å²) in [5, 5.41) is 0. The number of amides is 1. The highest BCUT2D eigenvalue weighted by molar-refractivity contribution is 5.94. The van der Waals surface area contributed by atoms with Crippen LogP contribution >= 0.6 is 0 Å². The number of morpholine rings is 1. The molecule has 0 aliphatic carbocycles. The second-order valence-corrected chi connectivity index (χ2v) is 5.91. The molecule has 0 aromatic heterocycles. The van der Waals surface area contributed by atoms with Crippen molar-refractivity contribution in [2.24, 2.45) is 0 Å². The molecule has 7 heteroatoms. The van der Waals surface area contributed by atoms with Crippen LogP contribution in [-0.4, -0.2) is 74.7 Å². The first kappa shape index (κ1) is 19.3. The van der Waals surface area contributed by atoms with Crippen molar-refractivity contribution >= 4 is 11.9 Å². The SMILES string of the molecule is COC(=O)CCN(CCCN1CCOCC1)C(=O)c1ccccc1F. The third kappa shape index (κ3) is 6.10. The van der Waals surface area contributed by atoms with Crippen LogP contribution in [0.1, 0.15) is 23.2 Å². The Hall–Kier alpha value is -1.99. The van der Waals surface area contributed by atoms with Gasteiger partial charge in [0.15, 0.2) is 0 Å². The smallest absolute Gasteiger partial charge is 0.307 e. The maximum atomic E-state index is 13.9. The molecule has 1 aromatic rings. The molecule has 1 amide bonds. The summed E-state index contributed by atoms with van der Waals surface area (Å²) in [5.74, 6) is -1.34. The largest absolute Gasteiger partial charge is 0.469 e. The molecule has 2 rings (SSSR count). The first-order valence-electron chi connectivity index (χ1n) is 8.52. The van der Waals surface area contributed by atoms with Gasteiger partial charge < -0.3 is 14.4 Å². The topological polar surface area (TPSA) is 59.1 Å². The average molecular weight is 352 g/mol. The second-order valence-electron chi connectivity index (χ2n) is 5.91. The minimum Gasteiger partial charge on any atom is -0.469 e. The molecule has 138 valence electrons. The van der Waals surface area contributed by atoms with Gasteiger partial charge in [-0.2, -0.15) is 0 Å². The van der Waals surface area contributed by atoms with E-state index < -0.39 is 11.7 Å². The van der Waals surface area contributed by atoms with Crippen molar-refractivity contribution in [3.63, 3.8) is 0 Å². The predicted octanol–water partition coefficient (Wildman–Crippen LogP) is 1.55. The minimum atomic E-state index is -0.552. The van der Waals surface area contributed by atoms with Crippen molar-refractivity contribution in [1.82, 2.24) is 9.80 Å². The van der Waals surface area contributed by atoms with Crippen molar-refractivity contribution in [3.8, 4) is 0 Å². The molecular weight excluding hydrogens is 327 g/mol. The zero-order chi connectivity index (χ0) is 18.1. The van der Waals surface area contributed by atoms with E-state index in [1.807, 2.05) is 0 Å². The lowest BCUT2D eigenvalue weighted by molar-refractivity contribution is -0.140. The van der Waals surface area contributed by atoms with E-state index in [0.29, 0.717) is 6.54 Å². The molecule has 6 nitrogen and oxygen atoms in total. The van der Waals surface area contributed by atoms with Gasteiger partial charge in [0.2, 0.25) is 0 Å². The number of ether oxygens (including phenoxy) is 2. The molecule has 1 heterocycles. The van der Waals surface area contributed by atoms with Gasteiger partial charge in [0.25, 0.3) is 5.91 Å². The first-order valence-corrected chi connectivity index (χ1v) is 8.52. The summed E-state index contributed by atoms with van der Waals surface area (Å²) < 4.78 is 23.9. The fraction of sp³-hybridized carbons (Fsp3) is 0.556. The Kier molecular flexibility index (Phi) is 7.81. The Morgan fingerprint density at radius 3 is 2.64 bits per heavy atom. The minimum absolute atomic E-state index is 0.0266. The van der Waals surface area contributed by atoms with Gasteiger partial charge in [-0.05, 0) is 18.6 Å². The third-order valence-corrected chi connectivity index (χ3v) is 4.21. The van der Waals surface area contributed by atoms with Crippen LogP contribution in [0.25, 0.3) is 0 Å². The van der Waals surface area contributed by atoms with Gasteiger partial charge in [-0.3, -0.25) is 14.5 Å². The van der Waals surface area contributed by atoms with Gasteiger partial charge in [-0.15, -0.1) is 0 Å². The van der Waals surface area contributed by atoms with E-state index in [1.165, 1.54) is 24.1 Å². The summed E-state index contributed by atoms with van der Waals surface area (Å²) in [6.45, 7) is 4.71. The van der Waals surface area contributed by atoms with Crippen LogP contribution in [0.15, 0.2) is 24.3 Å². The van der Waals surface area contributed by atoms with Gasteiger partial charge in [0.1, 0.15) is 5.82 Å². The molecule has 1 aliphatic heterocycles. The molecule has 0 saturated carbocycles. The number of halogens is 1. The zero-order valence-corrected chi connectivity index (χ0v) is 14.6. The van der Waals surface area contributed by atoms with Gasteiger partial charge in [0.05, 0.1) is 32.3 Å². The normalized spacial score (nSPS) is 15.0. The first-order chi connectivity index (χ1) is 12.1. The van der Waals surface area contributed by atoms with E-state index in [4.69, 9.17) is 4.74 Å². The Labute approximate surface area is 147 Å². The van der Waals surface area contributed by atoms with Gasteiger partial charge in [-0.1, -0.05) is 12.1 Å². The van der Waals surface area contributed by atoms with E-state index in [1.54, 1.807) is 12.1 Å². The number of benzene rings is 1. The molecule has 0 atom stereocenters. The Balaban J connectivity index is 1.95. The highest BCUT2D eigenvalue weighted by Crippen LogP contribution is 2.11. The molecule has 0 bridgehead atoms. The molecule has 1 saturated heterocycles. The van der Waals surface area contributed by atoms with Crippen molar-refractivity contribution in [3.05, 3.63) is 35.6 Å². The monoisotopic (exact) mass is 352 g/mol. The van der Waals surface area contributed by atoms with Gasteiger partial charge in [-0.25, -0.2) is 4.39 Å². The summed E-state index contributed by atoms with van der Waals surface area (Å²) in [6.07, 6.45) is 0.843. The number of carbonyl (C=O) groups excluding carboxylic acids is 2. The van der Waals surface area contributed by atoms with Crippen molar-refractivity contribution in [2.75, 3.05) is 53.0 Å². The van der Waals surface area contributed by atoms with Crippen LogP contribution in [0.5, 0.6) is 0 Å². The van der Waals surface area contributed by atoms with Crippen LogP contribution in [0.2, 0.25) is 0 Å². The van der Waals surface area contributed by atoms with E-state index in [-0.39, 0.29) is 24.5 Å². The fourth-order valence-corrected chi connectivity index (χ4v) is 2.76. The molecule has 0 spiro atoms. The molecule has 1 fully saturated rings. The Bertz CT molecular complexity index is 576. The summed E-state index contributed by atoms with van der Waals surface area (Å²) >= 11 is 0.